The van der Waals surface area contributed by atoms with Gasteiger partial charge in [-0.25, -0.2) is 0 Å². The van der Waals surface area contributed by atoms with E-state index in [0.717, 1.165) is 5.92 Å². The van der Waals surface area contributed by atoms with Crippen LogP contribution in [0.1, 0.15) is 25.7 Å². The van der Waals surface area contributed by atoms with E-state index in [1.54, 1.807) is 0 Å². The molecule has 2 aromatic carbocycles. The van der Waals surface area contributed by atoms with Crippen molar-refractivity contribution in [1.29, 1.82) is 0 Å². The van der Waals surface area contributed by atoms with Gasteiger partial charge in [0, 0.05) is 20.7 Å². The highest BCUT2D eigenvalue weighted by atomic mass is 31.1. The van der Waals surface area contributed by atoms with Crippen LogP contribution in [0.2, 0.25) is 0 Å². The first-order valence-corrected chi connectivity index (χ1v) is 10.7. The van der Waals surface area contributed by atoms with Gasteiger partial charge in [-0.05, 0) is 56.9 Å². The molecule has 2 nitrogen and oxygen atoms in total. The van der Waals surface area contributed by atoms with Gasteiger partial charge in [-0.1, -0.05) is 67.1 Å². The van der Waals surface area contributed by atoms with Gasteiger partial charge in [0.05, 0.1) is 0 Å². The fourth-order valence-corrected chi connectivity index (χ4v) is 6.57. The molecule has 0 spiro atoms. The van der Waals surface area contributed by atoms with Crippen LogP contribution in [0.5, 0.6) is 0 Å². The number of nitrogens with zero attached hydrogens (tertiary/aromatic N) is 2. The average Bonchev–Trinajstić information content (AvgIpc) is 2.63. The number of hydrogen-bond acceptors (Lipinski definition) is 2. The van der Waals surface area contributed by atoms with Crippen molar-refractivity contribution in [3.05, 3.63) is 60.7 Å². The molecule has 0 N–H and O–H groups in total. The van der Waals surface area contributed by atoms with Crippen LogP contribution in [-0.4, -0.2) is 43.3 Å². The normalized spacial score (nSPS) is 21.2. The Bertz CT molecular complexity index is 589. The van der Waals surface area contributed by atoms with E-state index in [-0.39, 0.29) is 0 Å². The summed E-state index contributed by atoms with van der Waals surface area (Å²) >= 11 is 0. The molecule has 0 aliphatic heterocycles. The van der Waals surface area contributed by atoms with E-state index < -0.39 is 8.07 Å². The molecule has 25 heavy (non-hydrogen) atoms. The molecule has 1 fully saturated rings. The predicted octanol–water partition coefficient (Wildman–Crippen LogP) is 4.09. The Balaban J connectivity index is 1.83. The molecular weight excluding hydrogens is 323 g/mol. The molecule has 2 unspecified atom stereocenters. The molecule has 2 atom stereocenters. The Hall–Kier alpha value is -1.21. The second-order valence-electron chi connectivity index (χ2n) is 7.51. The fraction of sp³-hybridized carbons (Fsp3) is 0.455. The van der Waals surface area contributed by atoms with Crippen LogP contribution in [0.3, 0.4) is 0 Å². The maximum absolute atomic E-state index is 2.70. The first kappa shape index (κ1) is 18.6. The minimum absolute atomic E-state index is 0.455. The molecule has 134 valence electrons. The first-order chi connectivity index (χ1) is 12.1. The van der Waals surface area contributed by atoms with Crippen LogP contribution in [-0.2, 0) is 0 Å². The maximum Gasteiger partial charge on any atom is 0.0281 e. The topological polar surface area (TPSA) is 6.48 Å². The van der Waals surface area contributed by atoms with Gasteiger partial charge < -0.3 is 4.90 Å². The third-order valence-corrected chi connectivity index (χ3v) is 7.76. The number of benzene rings is 2. The highest BCUT2D eigenvalue weighted by molar-refractivity contribution is 7.70. The Morgan fingerprint density at radius 2 is 1.40 bits per heavy atom. The predicted molar refractivity (Wildman–Crippen MR) is 111 cm³/mol. The largest absolute Gasteiger partial charge is 0.309 e. The monoisotopic (exact) mass is 354 g/mol. The Labute approximate surface area is 154 Å². The summed E-state index contributed by atoms with van der Waals surface area (Å²) in [6, 6.07) is 22.8. The third-order valence-electron chi connectivity index (χ3n) is 5.22. The number of rotatable bonds is 6. The highest BCUT2D eigenvalue weighted by Crippen LogP contribution is 2.42. The van der Waals surface area contributed by atoms with Crippen molar-refractivity contribution in [2.45, 2.75) is 31.7 Å². The van der Waals surface area contributed by atoms with Crippen LogP contribution in [0, 0.1) is 5.92 Å². The maximum atomic E-state index is 2.70. The van der Waals surface area contributed by atoms with Gasteiger partial charge in [0.15, 0.2) is 0 Å². The molecule has 1 saturated carbocycles. The lowest BCUT2D eigenvalue weighted by Gasteiger charge is -2.40. The molecule has 3 heteroatoms. The molecule has 0 aromatic heterocycles. The van der Waals surface area contributed by atoms with Crippen LogP contribution in [0.4, 0.5) is 0 Å². The van der Waals surface area contributed by atoms with Gasteiger partial charge in [0.25, 0.3) is 0 Å². The molecule has 2 aromatic rings. The van der Waals surface area contributed by atoms with Crippen molar-refractivity contribution in [2.75, 3.05) is 27.7 Å². The summed E-state index contributed by atoms with van der Waals surface area (Å²) in [6.07, 6.45) is 5.41. The lowest BCUT2D eigenvalue weighted by atomic mass is 9.85. The molecule has 1 aliphatic rings. The van der Waals surface area contributed by atoms with E-state index in [0.29, 0.717) is 6.04 Å². The lowest BCUT2D eigenvalue weighted by molar-refractivity contribution is 0.199. The van der Waals surface area contributed by atoms with Crippen molar-refractivity contribution in [3.8, 4) is 0 Å². The van der Waals surface area contributed by atoms with Crippen molar-refractivity contribution in [2.24, 2.45) is 5.92 Å². The van der Waals surface area contributed by atoms with E-state index in [4.69, 9.17) is 0 Å². The molecule has 1 aliphatic carbocycles. The zero-order valence-corrected chi connectivity index (χ0v) is 16.7. The van der Waals surface area contributed by atoms with Crippen LogP contribution in [0.25, 0.3) is 0 Å². The summed E-state index contributed by atoms with van der Waals surface area (Å²) in [7, 11) is 6.31. The van der Waals surface area contributed by atoms with Crippen molar-refractivity contribution in [1.82, 2.24) is 9.57 Å². The quantitative estimate of drug-likeness (QED) is 0.721. The highest BCUT2D eigenvalue weighted by Gasteiger charge is 2.30. The van der Waals surface area contributed by atoms with Gasteiger partial charge in [0.1, 0.15) is 0 Å². The zero-order chi connectivity index (χ0) is 17.6. The van der Waals surface area contributed by atoms with E-state index in [9.17, 15) is 0 Å². The van der Waals surface area contributed by atoms with E-state index in [2.05, 4.69) is 91.4 Å². The smallest absolute Gasteiger partial charge is 0.0281 e. The second kappa shape index (κ2) is 8.94. The standard InChI is InChI=1S/C22H31N2P/c1-23(2)18-19-11-10-12-20(17-19)24(3)25(21-13-6-4-7-14-21)22-15-8-5-9-16-22/h4-9,13-16,19-20H,10-12,17-18H2,1-3H3. The first-order valence-electron chi connectivity index (χ1n) is 9.43. The number of hydrogen-bond donors (Lipinski definition) is 0. The SMILES string of the molecule is CN(C)CC1CCCC(N(C)P(c2ccccc2)c2ccccc2)C1. The van der Waals surface area contributed by atoms with Crippen molar-refractivity contribution < 1.29 is 0 Å². The minimum Gasteiger partial charge on any atom is -0.309 e. The summed E-state index contributed by atoms with van der Waals surface area (Å²) in [6.45, 7) is 1.22. The third kappa shape index (κ3) is 4.91. The van der Waals surface area contributed by atoms with E-state index in [1.807, 2.05) is 0 Å². The van der Waals surface area contributed by atoms with Gasteiger partial charge in [0.2, 0.25) is 0 Å². The molecule has 0 radical (unpaired) electrons. The van der Waals surface area contributed by atoms with Crippen LogP contribution in [0.15, 0.2) is 60.7 Å². The fourth-order valence-electron chi connectivity index (χ4n) is 4.10. The summed E-state index contributed by atoms with van der Waals surface area (Å²) in [5, 5.41) is 2.92. The summed E-state index contributed by atoms with van der Waals surface area (Å²) < 4.78 is 2.70. The van der Waals surface area contributed by atoms with E-state index in [1.165, 1.54) is 42.8 Å². The zero-order valence-electron chi connectivity index (χ0n) is 15.8. The van der Waals surface area contributed by atoms with Gasteiger partial charge >= 0.3 is 0 Å². The Morgan fingerprint density at radius 3 is 1.92 bits per heavy atom. The van der Waals surface area contributed by atoms with Crippen molar-refractivity contribution >= 4 is 18.7 Å². The summed E-state index contributed by atoms with van der Waals surface area (Å²) in [5.74, 6) is 0.833. The van der Waals surface area contributed by atoms with Gasteiger partial charge in [-0.3, -0.25) is 4.67 Å². The lowest BCUT2D eigenvalue weighted by Crippen LogP contribution is -2.39. The van der Waals surface area contributed by atoms with E-state index >= 15 is 0 Å². The van der Waals surface area contributed by atoms with Gasteiger partial charge in [-0.15, -0.1) is 0 Å². The minimum atomic E-state index is -0.455. The Kier molecular flexibility index (Phi) is 6.64. The average molecular weight is 354 g/mol. The molecule has 0 saturated heterocycles. The van der Waals surface area contributed by atoms with Crippen LogP contribution >= 0.6 is 8.07 Å². The van der Waals surface area contributed by atoms with Gasteiger partial charge in [-0.2, -0.15) is 0 Å². The molecule has 0 bridgehead atoms. The molecular formula is C22H31N2P. The van der Waals surface area contributed by atoms with Crippen LogP contribution < -0.4 is 10.6 Å². The summed E-state index contributed by atoms with van der Waals surface area (Å²) in [4.78, 5) is 2.35. The summed E-state index contributed by atoms with van der Waals surface area (Å²) in [5.41, 5.74) is 0. The molecule has 0 amide bonds. The van der Waals surface area contributed by atoms with Crippen molar-refractivity contribution in [3.63, 3.8) is 0 Å². The molecule has 3 rings (SSSR count). The second-order valence-corrected chi connectivity index (χ2v) is 9.79. The Morgan fingerprint density at radius 1 is 0.840 bits per heavy atom. The molecule has 0 heterocycles.